The van der Waals surface area contributed by atoms with E-state index < -0.39 is 5.79 Å². The summed E-state index contributed by atoms with van der Waals surface area (Å²) in [6, 6.07) is 0. The van der Waals surface area contributed by atoms with E-state index in [-0.39, 0.29) is 34.9 Å². The van der Waals surface area contributed by atoms with Crippen molar-refractivity contribution in [3.05, 3.63) is 11.6 Å². The number of ether oxygens (including phenoxy) is 3. The van der Waals surface area contributed by atoms with E-state index in [0.29, 0.717) is 48.7 Å². The maximum atomic E-state index is 11.6. The second-order valence-electron chi connectivity index (χ2n) is 14.3. The first-order valence-electron chi connectivity index (χ1n) is 15.9. The van der Waals surface area contributed by atoms with Crippen molar-refractivity contribution in [2.24, 2.45) is 46.3 Å². The van der Waals surface area contributed by atoms with Gasteiger partial charge in [0, 0.05) is 45.8 Å². The molecule has 4 aliphatic carbocycles. The first-order chi connectivity index (χ1) is 18.4. The molecule has 1 amide bonds. The van der Waals surface area contributed by atoms with E-state index in [1.807, 2.05) is 0 Å². The summed E-state index contributed by atoms with van der Waals surface area (Å²) in [6.07, 6.45) is 12.6. The SMILES string of the molecule is CCOC1(CCC(C)CNC(C)=O)OC2CC3C4CC=C5CC(OC(C)=O)CC[C@]5(C)C4CC[C@]3(C)C2C1C. The highest BCUT2D eigenvalue weighted by atomic mass is 16.7. The Balaban J connectivity index is 1.31. The predicted molar refractivity (Wildman–Crippen MR) is 152 cm³/mol. The Kier molecular flexibility index (Phi) is 8.04. The van der Waals surface area contributed by atoms with E-state index in [9.17, 15) is 9.59 Å². The molecule has 0 bridgehead atoms. The highest BCUT2D eigenvalue weighted by Crippen LogP contribution is 2.70. The van der Waals surface area contributed by atoms with Crippen LogP contribution in [0.4, 0.5) is 0 Å². The van der Waals surface area contributed by atoms with Crippen molar-refractivity contribution < 1.29 is 23.8 Å². The third-order valence-electron chi connectivity index (χ3n) is 12.1. The Morgan fingerprint density at radius 1 is 1.18 bits per heavy atom. The summed E-state index contributed by atoms with van der Waals surface area (Å²) in [6.45, 7) is 16.3. The lowest BCUT2D eigenvalue weighted by molar-refractivity contribution is -0.250. The topological polar surface area (TPSA) is 73.9 Å². The van der Waals surface area contributed by atoms with E-state index in [2.05, 4.69) is 46.0 Å². The van der Waals surface area contributed by atoms with Crippen molar-refractivity contribution in [2.45, 2.75) is 124 Å². The summed E-state index contributed by atoms with van der Waals surface area (Å²) in [5.41, 5.74) is 2.07. The molecule has 39 heavy (non-hydrogen) atoms. The molecule has 220 valence electrons. The van der Waals surface area contributed by atoms with Crippen LogP contribution in [0.3, 0.4) is 0 Å². The van der Waals surface area contributed by atoms with E-state index in [0.717, 1.165) is 44.9 Å². The number of nitrogens with one attached hydrogen (secondary N) is 1. The average molecular weight is 544 g/mol. The normalized spacial score (nSPS) is 45.3. The van der Waals surface area contributed by atoms with Gasteiger partial charge in [0.1, 0.15) is 6.10 Å². The van der Waals surface area contributed by atoms with Gasteiger partial charge in [-0.3, -0.25) is 9.59 Å². The maximum Gasteiger partial charge on any atom is 0.302 e. The number of hydrogen-bond donors (Lipinski definition) is 1. The minimum atomic E-state index is -0.514. The zero-order chi connectivity index (χ0) is 28.2. The fourth-order valence-corrected chi connectivity index (χ4v) is 10.3. The van der Waals surface area contributed by atoms with Crippen LogP contribution in [0.5, 0.6) is 0 Å². The van der Waals surface area contributed by atoms with Gasteiger partial charge in [-0.2, -0.15) is 0 Å². The number of carbonyl (C=O) groups excluding carboxylic acids is 2. The highest BCUT2D eigenvalue weighted by molar-refractivity contribution is 5.72. The quantitative estimate of drug-likeness (QED) is 0.282. The van der Waals surface area contributed by atoms with Crippen LogP contribution >= 0.6 is 0 Å². The van der Waals surface area contributed by atoms with Crippen molar-refractivity contribution in [1.82, 2.24) is 5.32 Å². The van der Waals surface area contributed by atoms with Crippen molar-refractivity contribution >= 4 is 11.9 Å². The minimum Gasteiger partial charge on any atom is -0.462 e. The summed E-state index contributed by atoms with van der Waals surface area (Å²) in [5, 5.41) is 2.97. The standard InChI is InChI=1S/C33H53NO5/c1-8-37-33(16-11-20(2)19-34-22(4)35)21(3)30-29(39-33)18-28-26-10-9-24-17-25(38-23(5)36)12-14-31(24,6)27(26)13-15-32(28,30)7/h9,20-21,25-30H,8,10-19H2,1-7H3,(H,34,35)/t20?,21?,25?,26?,27?,28?,29?,30?,31-,32-,33?/m0/s1. The summed E-state index contributed by atoms with van der Waals surface area (Å²) >= 11 is 0. The Hall–Kier alpha value is -1.40. The number of rotatable bonds is 8. The Morgan fingerprint density at radius 2 is 1.95 bits per heavy atom. The van der Waals surface area contributed by atoms with E-state index in [1.165, 1.54) is 19.8 Å². The third-order valence-corrected chi connectivity index (χ3v) is 12.1. The molecule has 1 aliphatic heterocycles. The lowest BCUT2D eigenvalue weighted by Gasteiger charge is -2.58. The molecule has 0 aromatic heterocycles. The van der Waals surface area contributed by atoms with Gasteiger partial charge in [0.25, 0.3) is 0 Å². The van der Waals surface area contributed by atoms with E-state index in [1.54, 1.807) is 12.5 Å². The van der Waals surface area contributed by atoms with Crippen LogP contribution in [-0.4, -0.2) is 43.0 Å². The fraction of sp³-hybridized carbons (Fsp3) is 0.879. The van der Waals surface area contributed by atoms with Gasteiger partial charge in [0.15, 0.2) is 5.79 Å². The zero-order valence-electron chi connectivity index (χ0n) is 25.5. The zero-order valence-corrected chi connectivity index (χ0v) is 25.5. The second kappa shape index (κ2) is 10.8. The van der Waals surface area contributed by atoms with E-state index >= 15 is 0 Å². The van der Waals surface area contributed by atoms with Gasteiger partial charge in [-0.1, -0.05) is 39.3 Å². The summed E-state index contributed by atoms with van der Waals surface area (Å²) in [7, 11) is 0. The molecule has 4 fully saturated rings. The number of carbonyl (C=O) groups is 2. The number of allylic oxidation sites excluding steroid dienone is 1. The van der Waals surface area contributed by atoms with Crippen LogP contribution in [0, 0.1) is 46.3 Å². The fourth-order valence-electron chi connectivity index (χ4n) is 10.3. The lowest BCUT2D eigenvalue weighted by atomic mass is 9.47. The van der Waals surface area contributed by atoms with Gasteiger partial charge in [-0.15, -0.1) is 0 Å². The molecule has 11 atom stereocenters. The first kappa shape index (κ1) is 29.1. The highest BCUT2D eigenvalue weighted by Gasteiger charge is 2.68. The van der Waals surface area contributed by atoms with Crippen LogP contribution in [0.15, 0.2) is 11.6 Å². The Morgan fingerprint density at radius 3 is 2.64 bits per heavy atom. The smallest absolute Gasteiger partial charge is 0.302 e. The molecule has 1 heterocycles. The van der Waals surface area contributed by atoms with Crippen LogP contribution < -0.4 is 5.32 Å². The van der Waals surface area contributed by atoms with Gasteiger partial charge < -0.3 is 19.5 Å². The molecular weight excluding hydrogens is 490 g/mol. The summed E-state index contributed by atoms with van der Waals surface area (Å²) < 4.78 is 19.2. The second-order valence-corrected chi connectivity index (χ2v) is 14.3. The molecule has 9 unspecified atom stereocenters. The van der Waals surface area contributed by atoms with Crippen LogP contribution in [0.1, 0.15) is 106 Å². The number of fused-ring (bicyclic) bond motifs is 7. The molecule has 0 aromatic carbocycles. The first-order valence-corrected chi connectivity index (χ1v) is 15.9. The molecule has 5 rings (SSSR count). The Bertz CT molecular complexity index is 979. The van der Waals surface area contributed by atoms with E-state index in [4.69, 9.17) is 14.2 Å². The molecule has 3 saturated carbocycles. The molecule has 6 heteroatoms. The van der Waals surface area contributed by atoms with Crippen molar-refractivity contribution in [3.63, 3.8) is 0 Å². The monoisotopic (exact) mass is 543 g/mol. The number of amides is 1. The molecule has 0 radical (unpaired) electrons. The predicted octanol–water partition coefficient (Wildman–Crippen LogP) is 6.43. The number of esters is 1. The van der Waals surface area contributed by atoms with Crippen LogP contribution in [0.25, 0.3) is 0 Å². The molecule has 0 aromatic rings. The molecule has 1 N–H and O–H groups in total. The van der Waals surface area contributed by atoms with Gasteiger partial charge in [-0.05, 0) is 92.3 Å². The molecule has 1 saturated heterocycles. The van der Waals surface area contributed by atoms with Crippen LogP contribution in [0.2, 0.25) is 0 Å². The molecule has 6 nitrogen and oxygen atoms in total. The Labute approximate surface area is 236 Å². The van der Waals surface area contributed by atoms with Gasteiger partial charge in [-0.25, -0.2) is 0 Å². The average Bonchev–Trinajstić information content (AvgIpc) is 3.32. The van der Waals surface area contributed by atoms with Gasteiger partial charge in [0.05, 0.1) is 6.10 Å². The molecule has 0 spiro atoms. The van der Waals surface area contributed by atoms with Gasteiger partial charge >= 0.3 is 5.97 Å². The number of hydrogen-bond acceptors (Lipinski definition) is 5. The summed E-state index contributed by atoms with van der Waals surface area (Å²) in [4.78, 5) is 23.0. The summed E-state index contributed by atoms with van der Waals surface area (Å²) in [5.74, 6) is 2.76. The van der Waals surface area contributed by atoms with Crippen LogP contribution in [-0.2, 0) is 23.8 Å². The van der Waals surface area contributed by atoms with Crippen molar-refractivity contribution in [3.8, 4) is 0 Å². The maximum absolute atomic E-state index is 11.6. The van der Waals surface area contributed by atoms with Gasteiger partial charge in [0.2, 0.25) is 5.91 Å². The molecular formula is C33H53NO5. The van der Waals surface area contributed by atoms with Crippen molar-refractivity contribution in [1.29, 1.82) is 0 Å². The van der Waals surface area contributed by atoms with Crippen molar-refractivity contribution in [2.75, 3.05) is 13.2 Å². The largest absolute Gasteiger partial charge is 0.462 e. The minimum absolute atomic E-state index is 0.0342. The molecule has 5 aliphatic rings. The lowest BCUT2D eigenvalue weighted by Crippen LogP contribution is -2.52. The third kappa shape index (κ3) is 5.00.